The van der Waals surface area contributed by atoms with Gasteiger partial charge in [-0.05, 0) is 51.9 Å². The fourth-order valence-corrected chi connectivity index (χ4v) is 2.72. The molecule has 1 aliphatic rings. The first kappa shape index (κ1) is 16.2. The van der Waals surface area contributed by atoms with E-state index < -0.39 is 0 Å². The van der Waals surface area contributed by atoms with Gasteiger partial charge >= 0.3 is 0 Å². The molecule has 0 amide bonds. The molecule has 0 radical (unpaired) electrons. The van der Waals surface area contributed by atoms with Gasteiger partial charge in [-0.25, -0.2) is 4.39 Å². The van der Waals surface area contributed by atoms with Crippen LogP contribution in [-0.4, -0.2) is 37.7 Å². The van der Waals surface area contributed by atoms with Crippen LogP contribution in [0.4, 0.5) is 4.39 Å². The SMILES string of the molecule is CCCNC(C)c1ccc(OCCN2CCCC2)cc1F. The Hall–Kier alpha value is -1.13. The highest BCUT2D eigenvalue weighted by Crippen LogP contribution is 2.22. The first-order chi connectivity index (χ1) is 10.2. The third-order valence-electron chi connectivity index (χ3n) is 4.01. The Morgan fingerprint density at radius 3 is 2.76 bits per heavy atom. The van der Waals surface area contributed by atoms with Crippen molar-refractivity contribution < 1.29 is 9.13 Å². The zero-order valence-corrected chi connectivity index (χ0v) is 13.2. The van der Waals surface area contributed by atoms with E-state index in [9.17, 15) is 4.39 Å². The molecule has 1 heterocycles. The second kappa shape index (κ2) is 8.35. The second-order valence-corrected chi connectivity index (χ2v) is 5.76. The average molecular weight is 294 g/mol. The molecule has 21 heavy (non-hydrogen) atoms. The Bertz CT molecular complexity index is 433. The maximum absolute atomic E-state index is 14.1. The van der Waals surface area contributed by atoms with Crippen LogP contribution < -0.4 is 10.1 Å². The number of nitrogens with zero attached hydrogens (tertiary/aromatic N) is 1. The molecule has 0 bridgehead atoms. The molecule has 0 spiro atoms. The largest absolute Gasteiger partial charge is 0.492 e. The summed E-state index contributed by atoms with van der Waals surface area (Å²) in [6, 6.07) is 5.23. The second-order valence-electron chi connectivity index (χ2n) is 5.76. The van der Waals surface area contributed by atoms with E-state index in [1.807, 2.05) is 19.1 Å². The predicted molar refractivity (Wildman–Crippen MR) is 84.3 cm³/mol. The van der Waals surface area contributed by atoms with Gasteiger partial charge in [-0.2, -0.15) is 0 Å². The monoisotopic (exact) mass is 294 g/mol. The molecule has 4 heteroatoms. The fourth-order valence-electron chi connectivity index (χ4n) is 2.72. The number of rotatable bonds is 8. The van der Waals surface area contributed by atoms with E-state index in [1.54, 1.807) is 0 Å². The zero-order valence-electron chi connectivity index (χ0n) is 13.2. The molecule has 1 atom stereocenters. The molecule has 1 aliphatic heterocycles. The van der Waals surface area contributed by atoms with Crippen LogP contribution in [-0.2, 0) is 0 Å². The van der Waals surface area contributed by atoms with E-state index in [-0.39, 0.29) is 11.9 Å². The van der Waals surface area contributed by atoms with Crippen molar-refractivity contribution in [3.05, 3.63) is 29.6 Å². The number of halogens is 1. The fraction of sp³-hybridized carbons (Fsp3) is 0.647. The van der Waals surface area contributed by atoms with Crippen LogP contribution in [0.2, 0.25) is 0 Å². The van der Waals surface area contributed by atoms with Gasteiger partial charge in [0.2, 0.25) is 0 Å². The summed E-state index contributed by atoms with van der Waals surface area (Å²) in [6.07, 6.45) is 3.61. The van der Waals surface area contributed by atoms with Crippen molar-refractivity contribution in [2.75, 3.05) is 32.8 Å². The number of ether oxygens (including phenoxy) is 1. The summed E-state index contributed by atoms with van der Waals surface area (Å²) in [5.41, 5.74) is 0.704. The van der Waals surface area contributed by atoms with E-state index >= 15 is 0 Å². The third-order valence-corrected chi connectivity index (χ3v) is 4.01. The molecule has 1 aromatic carbocycles. The van der Waals surface area contributed by atoms with Crippen LogP contribution in [0.1, 0.15) is 44.7 Å². The van der Waals surface area contributed by atoms with Crippen LogP contribution in [0.25, 0.3) is 0 Å². The Balaban J connectivity index is 1.83. The van der Waals surface area contributed by atoms with Crippen molar-refractivity contribution in [3.63, 3.8) is 0 Å². The topological polar surface area (TPSA) is 24.5 Å². The highest BCUT2D eigenvalue weighted by Gasteiger charge is 2.13. The molecule has 1 unspecified atom stereocenters. The molecule has 3 nitrogen and oxygen atoms in total. The third kappa shape index (κ3) is 4.97. The summed E-state index contributed by atoms with van der Waals surface area (Å²) < 4.78 is 19.8. The zero-order chi connectivity index (χ0) is 15.1. The molecule has 0 saturated carbocycles. The smallest absolute Gasteiger partial charge is 0.131 e. The Morgan fingerprint density at radius 2 is 2.10 bits per heavy atom. The van der Waals surface area contributed by atoms with Gasteiger partial charge in [0.05, 0.1) is 0 Å². The van der Waals surface area contributed by atoms with Crippen LogP contribution in [0, 0.1) is 5.82 Å². The van der Waals surface area contributed by atoms with Gasteiger partial charge in [0.1, 0.15) is 18.2 Å². The number of hydrogen-bond donors (Lipinski definition) is 1. The minimum absolute atomic E-state index is 0.0311. The highest BCUT2D eigenvalue weighted by molar-refractivity contribution is 5.30. The molecular formula is C17H27FN2O. The van der Waals surface area contributed by atoms with Crippen molar-refractivity contribution in [2.45, 2.75) is 39.2 Å². The minimum Gasteiger partial charge on any atom is -0.492 e. The molecule has 0 aliphatic carbocycles. The maximum atomic E-state index is 14.1. The number of benzene rings is 1. The van der Waals surface area contributed by atoms with E-state index in [0.717, 1.165) is 32.6 Å². The van der Waals surface area contributed by atoms with Gasteiger partial charge in [-0.15, -0.1) is 0 Å². The van der Waals surface area contributed by atoms with Gasteiger partial charge in [0, 0.05) is 24.2 Å². The van der Waals surface area contributed by atoms with E-state index in [2.05, 4.69) is 17.1 Å². The summed E-state index contributed by atoms with van der Waals surface area (Å²) >= 11 is 0. The highest BCUT2D eigenvalue weighted by atomic mass is 19.1. The number of hydrogen-bond acceptors (Lipinski definition) is 3. The first-order valence-corrected chi connectivity index (χ1v) is 8.08. The van der Waals surface area contributed by atoms with Crippen molar-refractivity contribution in [2.24, 2.45) is 0 Å². The van der Waals surface area contributed by atoms with Crippen LogP contribution in [0.15, 0.2) is 18.2 Å². The van der Waals surface area contributed by atoms with Crippen molar-refractivity contribution in [3.8, 4) is 5.75 Å². The molecular weight excluding hydrogens is 267 g/mol. The summed E-state index contributed by atoms with van der Waals surface area (Å²) in [6.45, 7) is 8.87. The molecule has 1 N–H and O–H groups in total. The van der Waals surface area contributed by atoms with Crippen molar-refractivity contribution in [1.82, 2.24) is 10.2 Å². The normalized spacial score (nSPS) is 17.1. The molecule has 1 fully saturated rings. The molecule has 1 saturated heterocycles. The van der Waals surface area contributed by atoms with E-state index in [1.165, 1.54) is 18.9 Å². The molecule has 2 rings (SSSR count). The lowest BCUT2D eigenvalue weighted by atomic mass is 10.1. The Morgan fingerprint density at radius 1 is 1.33 bits per heavy atom. The van der Waals surface area contributed by atoms with Gasteiger partial charge in [-0.3, -0.25) is 4.90 Å². The average Bonchev–Trinajstić information content (AvgIpc) is 2.98. The predicted octanol–water partition coefficient (Wildman–Crippen LogP) is 3.36. The van der Waals surface area contributed by atoms with Crippen LogP contribution >= 0.6 is 0 Å². The van der Waals surface area contributed by atoms with Gasteiger partial charge in [-0.1, -0.05) is 13.0 Å². The maximum Gasteiger partial charge on any atom is 0.131 e. The summed E-state index contributed by atoms with van der Waals surface area (Å²) in [7, 11) is 0. The van der Waals surface area contributed by atoms with Gasteiger partial charge in [0.15, 0.2) is 0 Å². The molecule has 0 aromatic heterocycles. The first-order valence-electron chi connectivity index (χ1n) is 8.08. The standard InChI is InChI=1S/C17H27FN2O/c1-3-8-19-14(2)16-7-6-15(13-17(16)18)21-12-11-20-9-4-5-10-20/h6-7,13-14,19H,3-5,8-12H2,1-2H3. The van der Waals surface area contributed by atoms with Crippen LogP contribution in [0.3, 0.4) is 0 Å². The van der Waals surface area contributed by atoms with Gasteiger partial charge < -0.3 is 10.1 Å². The van der Waals surface area contributed by atoms with Crippen LogP contribution in [0.5, 0.6) is 5.75 Å². The lowest BCUT2D eigenvalue weighted by Crippen LogP contribution is -2.25. The Labute approximate surface area is 127 Å². The quantitative estimate of drug-likeness (QED) is 0.795. The lowest BCUT2D eigenvalue weighted by Gasteiger charge is -2.17. The Kier molecular flexibility index (Phi) is 6.46. The van der Waals surface area contributed by atoms with E-state index in [0.29, 0.717) is 17.9 Å². The summed E-state index contributed by atoms with van der Waals surface area (Å²) in [4.78, 5) is 2.39. The minimum atomic E-state index is -0.190. The van der Waals surface area contributed by atoms with Crippen molar-refractivity contribution in [1.29, 1.82) is 0 Å². The summed E-state index contributed by atoms with van der Waals surface area (Å²) in [5, 5.41) is 3.30. The summed E-state index contributed by atoms with van der Waals surface area (Å²) in [5.74, 6) is 0.433. The molecule has 1 aromatic rings. The number of likely N-dealkylation sites (tertiary alicyclic amines) is 1. The number of nitrogens with one attached hydrogen (secondary N) is 1. The lowest BCUT2D eigenvalue weighted by molar-refractivity contribution is 0.237. The van der Waals surface area contributed by atoms with E-state index in [4.69, 9.17) is 4.74 Å². The van der Waals surface area contributed by atoms with Crippen molar-refractivity contribution >= 4 is 0 Å². The van der Waals surface area contributed by atoms with Gasteiger partial charge in [0.25, 0.3) is 0 Å². The molecule has 118 valence electrons.